The van der Waals surface area contributed by atoms with E-state index >= 15 is 0 Å². The van der Waals surface area contributed by atoms with Gasteiger partial charge in [0.25, 0.3) is 0 Å². The molecule has 2 N–H and O–H groups in total. The van der Waals surface area contributed by atoms with Crippen LogP contribution in [0, 0.1) is 0 Å². The summed E-state index contributed by atoms with van der Waals surface area (Å²) in [5, 5.41) is 6.01. The van der Waals surface area contributed by atoms with Gasteiger partial charge in [-0.15, -0.1) is 0 Å². The zero-order chi connectivity index (χ0) is 13.8. The molecular weight excluding hydrogens is 312 g/mol. The van der Waals surface area contributed by atoms with E-state index in [4.69, 9.17) is 9.47 Å². The van der Waals surface area contributed by atoms with Crippen molar-refractivity contribution in [2.24, 2.45) is 0 Å². The van der Waals surface area contributed by atoms with Crippen LogP contribution >= 0.6 is 15.9 Å². The van der Waals surface area contributed by atoms with Gasteiger partial charge >= 0.3 is 0 Å². The number of anilines is 1. The van der Waals surface area contributed by atoms with Crippen molar-refractivity contribution in [3.63, 3.8) is 0 Å². The van der Waals surface area contributed by atoms with Crippen molar-refractivity contribution in [1.82, 2.24) is 5.32 Å². The lowest BCUT2D eigenvalue weighted by Gasteiger charge is -2.29. The fraction of sp³-hybridized carbons (Fsp3) is 0.462. The van der Waals surface area contributed by atoms with Crippen LogP contribution < -0.4 is 15.4 Å². The van der Waals surface area contributed by atoms with E-state index < -0.39 is 0 Å². The van der Waals surface area contributed by atoms with Gasteiger partial charge in [0, 0.05) is 18.3 Å². The third kappa shape index (κ3) is 3.46. The lowest BCUT2D eigenvalue weighted by atomic mass is 10.1. The van der Waals surface area contributed by atoms with E-state index in [0.717, 1.165) is 4.47 Å². The Hall–Kier alpha value is -1.11. The number of nitrogens with one attached hydrogen (secondary N) is 2. The lowest BCUT2D eigenvalue weighted by Crippen LogP contribution is -2.53. The topological polar surface area (TPSA) is 59.6 Å². The number of rotatable bonds is 3. The van der Waals surface area contributed by atoms with Crippen LogP contribution in [0.5, 0.6) is 5.75 Å². The Balaban J connectivity index is 2.05. The van der Waals surface area contributed by atoms with E-state index in [1.807, 2.05) is 19.1 Å². The van der Waals surface area contributed by atoms with Crippen molar-refractivity contribution in [3.8, 4) is 5.75 Å². The van der Waals surface area contributed by atoms with Crippen LogP contribution in [0.25, 0.3) is 0 Å². The number of halogens is 1. The highest BCUT2D eigenvalue weighted by Gasteiger charge is 2.28. The molecule has 2 rings (SSSR count). The number of hydrogen-bond donors (Lipinski definition) is 2. The first kappa shape index (κ1) is 14.3. The van der Waals surface area contributed by atoms with Crippen LogP contribution in [0.1, 0.15) is 6.92 Å². The molecule has 104 valence electrons. The number of carbonyl (C=O) groups is 1. The van der Waals surface area contributed by atoms with Gasteiger partial charge in [-0.25, -0.2) is 0 Å². The molecule has 1 heterocycles. The monoisotopic (exact) mass is 328 g/mol. The Bertz CT molecular complexity index is 467. The molecule has 1 saturated heterocycles. The molecule has 0 radical (unpaired) electrons. The molecule has 0 aliphatic carbocycles. The number of ether oxygens (including phenoxy) is 2. The maximum atomic E-state index is 12.2. The molecule has 0 bridgehead atoms. The smallest absolute Gasteiger partial charge is 0.244 e. The highest BCUT2D eigenvalue weighted by atomic mass is 79.9. The summed E-state index contributed by atoms with van der Waals surface area (Å²) in [6.45, 7) is 3.21. The van der Waals surface area contributed by atoms with E-state index in [0.29, 0.717) is 24.6 Å². The Morgan fingerprint density at radius 2 is 2.37 bits per heavy atom. The average Bonchev–Trinajstić information content (AvgIpc) is 2.41. The summed E-state index contributed by atoms with van der Waals surface area (Å²) in [6, 6.07) is 5.10. The molecule has 1 amide bonds. The molecule has 2 atom stereocenters. The van der Waals surface area contributed by atoms with E-state index in [1.54, 1.807) is 13.2 Å². The lowest BCUT2D eigenvalue weighted by molar-refractivity contribution is -0.123. The van der Waals surface area contributed by atoms with Crippen molar-refractivity contribution < 1.29 is 14.3 Å². The normalized spacial score (nSPS) is 22.9. The molecule has 0 saturated carbocycles. The van der Waals surface area contributed by atoms with Crippen molar-refractivity contribution in [3.05, 3.63) is 22.7 Å². The van der Waals surface area contributed by atoms with E-state index in [-0.39, 0.29) is 18.1 Å². The van der Waals surface area contributed by atoms with Crippen LogP contribution in [-0.2, 0) is 9.53 Å². The number of hydrogen-bond acceptors (Lipinski definition) is 4. The number of methoxy groups -OCH3 is 1. The minimum absolute atomic E-state index is 0.100. The van der Waals surface area contributed by atoms with Crippen LogP contribution in [-0.4, -0.2) is 38.3 Å². The molecule has 6 heteroatoms. The minimum Gasteiger partial charge on any atom is -0.495 e. The second-order valence-electron chi connectivity index (χ2n) is 4.35. The highest BCUT2D eigenvalue weighted by molar-refractivity contribution is 9.10. The first-order chi connectivity index (χ1) is 9.11. The fourth-order valence-corrected chi connectivity index (χ4v) is 2.39. The van der Waals surface area contributed by atoms with Crippen molar-refractivity contribution in [2.75, 3.05) is 25.6 Å². The molecule has 19 heavy (non-hydrogen) atoms. The molecule has 5 nitrogen and oxygen atoms in total. The van der Waals surface area contributed by atoms with Crippen molar-refractivity contribution in [1.29, 1.82) is 0 Å². The van der Waals surface area contributed by atoms with Gasteiger partial charge < -0.3 is 20.1 Å². The SMILES string of the molecule is COc1cc(NC(=O)[C@H]2NCCO[C@@H]2C)ccc1Br. The molecule has 1 aromatic rings. The minimum atomic E-state index is -0.330. The predicted octanol–water partition coefficient (Wildman–Crippen LogP) is 1.77. The zero-order valence-corrected chi connectivity index (χ0v) is 12.5. The number of benzene rings is 1. The van der Waals surface area contributed by atoms with Gasteiger partial charge in [0.2, 0.25) is 5.91 Å². The van der Waals surface area contributed by atoms with E-state index in [1.165, 1.54) is 0 Å². The summed E-state index contributed by atoms with van der Waals surface area (Å²) in [5.41, 5.74) is 0.699. The number of morpholine rings is 1. The first-order valence-electron chi connectivity index (χ1n) is 6.11. The quantitative estimate of drug-likeness (QED) is 0.887. The predicted molar refractivity (Wildman–Crippen MR) is 76.5 cm³/mol. The molecular formula is C13H17BrN2O3. The standard InChI is InChI=1S/C13H17BrN2O3/c1-8-12(15-5-6-19-8)13(17)16-9-3-4-10(14)11(7-9)18-2/h3-4,7-8,12,15H,5-6H2,1-2H3,(H,16,17)/t8-,12+/m1/s1. The molecule has 0 unspecified atom stereocenters. The van der Waals surface area contributed by atoms with Crippen molar-refractivity contribution >= 4 is 27.5 Å². The van der Waals surface area contributed by atoms with Crippen LogP contribution in [0.3, 0.4) is 0 Å². The fourth-order valence-electron chi connectivity index (χ4n) is 1.98. The summed E-state index contributed by atoms with van der Waals surface area (Å²) in [5.74, 6) is 0.579. The number of carbonyl (C=O) groups excluding carboxylic acids is 1. The maximum absolute atomic E-state index is 12.2. The zero-order valence-electron chi connectivity index (χ0n) is 10.9. The molecule has 1 fully saturated rings. The molecule has 0 spiro atoms. The Morgan fingerprint density at radius 3 is 3.05 bits per heavy atom. The average molecular weight is 329 g/mol. The first-order valence-corrected chi connectivity index (χ1v) is 6.90. The van der Waals surface area contributed by atoms with Crippen LogP contribution in [0.2, 0.25) is 0 Å². The van der Waals surface area contributed by atoms with Gasteiger partial charge in [0.15, 0.2) is 0 Å². The van der Waals surface area contributed by atoms with Crippen LogP contribution in [0.4, 0.5) is 5.69 Å². The summed E-state index contributed by atoms with van der Waals surface area (Å²) in [6.07, 6.45) is -0.133. The molecule has 1 aliphatic heterocycles. The van der Waals surface area contributed by atoms with Gasteiger partial charge in [-0.1, -0.05) is 0 Å². The molecule has 1 aromatic carbocycles. The van der Waals surface area contributed by atoms with Gasteiger partial charge in [-0.3, -0.25) is 4.79 Å². The summed E-state index contributed by atoms with van der Waals surface area (Å²) < 4.78 is 11.5. The largest absolute Gasteiger partial charge is 0.495 e. The Labute approximate surface area is 120 Å². The van der Waals surface area contributed by atoms with Crippen molar-refractivity contribution in [2.45, 2.75) is 19.1 Å². The molecule has 0 aromatic heterocycles. The van der Waals surface area contributed by atoms with Gasteiger partial charge in [-0.05, 0) is 35.0 Å². The van der Waals surface area contributed by atoms with Crippen LogP contribution in [0.15, 0.2) is 22.7 Å². The van der Waals surface area contributed by atoms with Gasteiger partial charge in [-0.2, -0.15) is 0 Å². The second-order valence-corrected chi connectivity index (χ2v) is 5.20. The van der Waals surface area contributed by atoms with Gasteiger partial charge in [0.1, 0.15) is 11.8 Å². The highest BCUT2D eigenvalue weighted by Crippen LogP contribution is 2.27. The Morgan fingerprint density at radius 1 is 1.58 bits per heavy atom. The second kappa shape index (κ2) is 6.36. The van der Waals surface area contributed by atoms with Gasteiger partial charge in [0.05, 0.1) is 24.3 Å². The Kier molecular flexibility index (Phi) is 4.79. The summed E-state index contributed by atoms with van der Waals surface area (Å²) in [4.78, 5) is 12.2. The number of amides is 1. The summed E-state index contributed by atoms with van der Waals surface area (Å²) in [7, 11) is 1.59. The van der Waals surface area contributed by atoms with E-state index in [2.05, 4.69) is 26.6 Å². The molecule has 1 aliphatic rings. The maximum Gasteiger partial charge on any atom is 0.244 e. The third-order valence-corrected chi connectivity index (χ3v) is 3.67. The summed E-state index contributed by atoms with van der Waals surface area (Å²) >= 11 is 3.37. The third-order valence-electron chi connectivity index (χ3n) is 3.02. The van der Waals surface area contributed by atoms with E-state index in [9.17, 15) is 4.79 Å².